The van der Waals surface area contributed by atoms with E-state index in [0.717, 1.165) is 30.6 Å². The summed E-state index contributed by atoms with van der Waals surface area (Å²) in [7, 11) is 0. The molecule has 1 aromatic carbocycles. The van der Waals surface area contributed by atoms with Gasteiger partial charge in [0.1, 0.15) is 0 Å². The summed E-state index contributed by atoms with van der Waals surface area (Å²) in [5, 5.41) is 12.6. The summed E-state index contributed by atoms with van der Waals surface area (Å²) in [6.45, 7) is 4.04. The molecule has 3 aromatic rings. The van der Waals surface area contributed by atoms with Crippen molar-refractivity contribution in [2.45, 2.75) is 18.2 Å². The van der Waals surface area contributed by atoms with Crippen molar-refractivity contribution < 1.29 is 4.79 Å². The van der Waals surface area contributed by atoms with Crippen LogP contribution in [-0.4, -0.2) is 21.9 Å². The van der Waals surface area contributed by atoms with Crippen molar-refractivity contribution in [3.8, 4) is 0 Å². The number of thiophene rings is 1. The number of carbonyl (C=O) groups is 1. The molecule has 2 heterocycles. The third-order valence-corrected chi connectivity index (χ3v) is 6.07. The minimum absolute atomic E-state index is 0.113. The molecule has 0 saturated heterocycles. The van der Waals surface area contributed by atoms with Crippen LogP contribution in [0.2, 0.25) is 0 Å². The van der Waals surface area contributed by atoms with E-state index in [9.17, 15) is 4.79 Å². The van der Waals surface area contributed by atoms with E-state index >= 15 is 0 Å². The van der Waals surface area contributed by atoms with Gasteiger partial charge in [-0.3, -0.25) is 10.1 Å². The van der Waals surface area contributed by atoms with Gasteiger partial charge in [-0.2, -0.15) is 0 Å². The quantitative estimate of drug-likeness (QED) is 0.566. The molecule has 0 aliphatic carbocycles. The van der Waals surface area contributed by atoms with Crippen LogP contribution in [0, 0.1) is 6.92 Å². The molecule has 0 spiro atoms. The van der Waals surface area contributed by atoms with Crippen LogP contribution in [0.1, 0.15) is 22.2 Å². The molecule has 0 saturated carbocycles. The molecular formula is C14H13N3OS3. The molecule has 0 aliphatic rings. The number of hydrogen-bond donors (Lipinski definition) is 1. The standard InChI is InChI=1S/C14H13N3OS3/c1-3-19-14-17-16-13(21-14)15-12(18)11-8(2)9-6-4-5-7-10(9)20-11/h4-7H,3H2,1-2H3,(H,15,16,18). The maximum absolute atomic E-state index is 12.4. The molecule has 21 heavy (non-hydrogen) atoms. The van der Waals surface area contributed by atoms with Gasteiger partial charge in [0.25, 0.3) is 5.91 Å². The summed E-state index contributed by atoms with van der Waals surface area (Å²) in [5.41, 5.74) is 1.01. The molecule has 0 atom stereocenters. The summed E-state index contributed by atoms with van der Waals surface area (Å²) in [5.74, 6) is 0.829. The Balaban J connectivity index is 1.84. The van der Waals surface area contributed by atoms with Crippen LogP contribution in [0.3, 0.4) is 0 Å². The van der Waals surface area contributed by atoms with E-state index in [2.05, 4.69) is 22.4 Å². The number of benzene rings is 1. The predicted molar refractivity (Wildman–Crippen MR) is 90.8 cm³/mol. The number of nitrogens with one attached hydrogen (secondary N) is 1. The Hall–Kier alpha value is -1.44. The molecule has 1 amide bonds. The summed E-state index contributed by atoms with van der Waals surface area (Å²) < 4.78 is 2.00. The lowest BCUT2D eigenvalue weighted by Crippen LogP contribution is -2.11. The Kier molecular flexibility index (Phi) is 4.23. The molecule has 108 valence electrons. The van der Waals surface area contributed by atoms with Gasteiger partial charge in [0.2, 0.25) is 5.13 Å². The third kappa shape index (κ3) is 2.95. The first-order valence-electron chi connectivity index (χ1n) is 6.45. The lowest BCUT2D eigenvalue weighted by Gasteiger charge is -1.99. The highest BCUT2D eigenvalue weighted by Gasteiger charge is 2.17. The summed E-state index contributed by atoms with van der Waals surface area (Å²) in [6, 6.07) is 8.05. The lowest BCUT2D eigenvalue weighted by atomic mass is 10.1. The number of thioether (sulfide) groups is 1. The Bertz CT molecular complexity index is 794. The highest BCUT2D eigenvalue weighted by Crippen LogP contribution is 2.32. The van der Waals surface area contributed by atoms with Gasteiger partial charge in [0.15, 0.2) is 4.34 Å². The van der Waals surface area contributed by atoms with Crippen molar-refractivity contribution in [3.63, 3.8) is 0 Å². The Labute approximate surface area is 134 Å². The van der Waals surface area contributed by atoms with Crippen LogP contribution in [0.4, 0.5) is 5.13 Å². The molecule has 2 aromatic heterocycles. The van der Waals surface area contributed by atoms with Crippen LogP contribution in [0.15, 0.2) is 28.6 Å². The fraction of sp³-hybridized carbons (Fsp3) is 0.214. The van der Waals surface area contributed by atoms with Crippen LogP contribution >= 0.6 is 34.4 Å². The number of fused-ring (bicyclic) bond motifs is 1. The topological polar surface area (TPSA) is 54.9 Å². The van der Waals surface area contributed by atoms with Crippen LogP contribution in [-0.2, 0) is 0 Å². The van der Waals surface area contributed by atoms with E-state index < -0.39 is 0 Å². The first-order chi connectivity index (χ1) is 10.2. The zero-order valence-electron chi connectivity index (χ0n) is 11.5. The average Bonchev–Trinajstić information content (AvgIpc) is 3.05. The number of rotatable bonds is 4. The Morgan fingerprint density at radius 3 is 2.86 bits per heavy atom. The van der Waals surface area contributed by atoms with Gasteiger partial charge in [-0.1, -0.05) is 48.2 Å². The molecule has 1 N–H and O–H groups in total. The van der Waals surface area contributed by atoms with E-state index in [4.69, 9.17) is 0 Å². The SMILES string of the molecule is CCSc1nnc(NC(=O)c2sc3ccccc3c2C)s1. The minimum atomic E-state index is -0.113. The molecule has 3 rings (SSSR count). The average molecular weight is 335 g/mol. The number of hydrogen-bond acceptors (Lipinski definition) is 6. The highest BCUT2D eigenvalue weighted by molar-refractivity contribution is 8.01. The molecule has 4 nitrogen and oxygen atoms in total. The molecule has 0 unspecified atom stereocenters. The number of amides is 1. The minimum Gasteiger partial charge on any atom is -0.296 e. The second-order valence-electron chi connectivity index (χ2n) is 4.31. The van der Waals surface area contributed by atoms with E-state index in [1.54, 1.807) is 11.8 Å². The first kappa shape index (κ1) is 14.5. The molecule has 7 heteroatoms. The van der Waals surface area contributed by atoms with Crippen LogP contribution in [0.25, 0.3) is 10.1 Å². The summed E-state index contributed by atoms with van der Waals surface area (Å²) in [4.78, 5) is 13.1. The number of nitrogens with zero attached hydrogens (tertiary/aromatic N) is 2. The third-order valence-electron chi connectivity index (χ3n) is 2.94. The van der Waals surface area contributed by atoms with E-state index in [1.807, 2.05) is 31.2 Å². The summed E-state index contributed by atoms with van der Waals surface area (Å²) >= 11 is 4.54. The van der Waals surface area contributed by atoms with Crippen molar-refractivity contribution in [1.82, 2.24) is 10.2 Å². The van der Waals surface area contributed by atoms with Crippen molar-refractivity contribution >= 4 is 55.6 Å². The molecular weight excluding hydrogens is 322 g/mol. The normalized spacial score (nSPS) is 11.0. The zero-order chi connectivity index (χ0) is 14.8. The van der Waals surface area contributed by atoms with E-state index in [1.165, 1.54) is 22.7 Å². The lowest BCUT2D eigenvalue weighted by molar-refractivity contribution is 0.103. The predicted octanol–water partition coefficient (Wildman–Crippen LogP) is 4.43. The molecule has 0 radical (unpaired) electrons. The monoisotopic (exact) mass is 335 g/mol. The van der Waals surface area contributed by atoms with E-state index in [0.29, 0.717) is 5.13 Å². The smallest absolute Gasteiger partial charge is 0.267 e. The maximum atomic E-state index is 12.4. The van der Waals surface area contributed by atoms with Crippen molar-refractivity contribution in [2.75, 3.05) is 11.1 Å². The maximum Gasteiger partial charge on any atom is 0.267 e. The molecule has 0 aliphatic heterocycles. The van der Waals surface area contributed by atoms with Gasteiger partial charge >= 0.3 is 0 Å². The summed E-state index contributed by atoms with van der Waals surface area (Å²) in [6.07, 6.45) is 0. The first-order valence-corrected chi connectivity index (χ1v) is 9.06. The van der Waals surface area contributed by atoms with Crippen LogP contribution in [0.5, 0.6) is 0 Å². The van der Waals surface area contributed by atoms with Gasteiger partial charge in [0, 0.05) is 4.70 Å². The molecule has 0 bridgehead atoms. The van der Waals surface area contributed by atoms with Crippen molar-refractivity contribution in [2.24, 2.45) is 0 Å². The Morgan fingerprint density at radius 1 is 1.29 bits per heavy atom. The number of anilines is 1. The second-order valence-corrected chi connectivity index (χ2v) is 7.85. The fourth-order valence-electron chi connectivity index (χ4n) is 1.99. The number of aryl methyl sites for hydroxylation is 1. The van der Waals surface area contributed by atoms with Crippen molar-refractivity contribution in [3.05, 3.63) is 34.7 Å². The number of carbonyl (C=O) groups excluding carboxylic acids is 1. The van der Waals surface area contributed by atoms with Crippen molar-refractivity contribution in [1.29, 1.82) is 0 Å². The largest absolute Gasteiger partial charge is 0.296 e. The van der Waals surface area contributed by atoms with Gasteiger partial charge < -0.3 is 0 Å². The van der Waals surface area contributed by atoms with Gasteiger partial charge in [-0.15, -0.1) is 21.5 Å². The van der Waals surface area contributed by atoms with Gasteiger partial charge in [-0.25, -0.2) is 0 Å². The second kappa shape index (κ2) is 6.13. The van der Waals surface area contributed by atoms with Crippen LogP contribution < -0.4 is 5.32 Å². The molecule has 0 fully saturated rings. The Morgan fingerprint density at radius 2 is 2.10 bits per heavy atom. The number of aromatic nitrogens is 2. The highest BCUT2D eigenvalue weighted by atomic mass is 32.2. The van der Waals surface area contributed by atoms with Gasteiger partial charge in [-0.05, 0) is 29.7 Å². The zero-order valence-corrected chi connectivity index (χ0v) is 14.0. The van der Waals surface area contributed by atoms with Gasteiger partial charge in [0.05, 0.1) is 4.88 Å². The van der Waals surface area contributed by atoms with E-state index in [-0.39, 0.29) is 5.91 Å². The fourth-order valence-corrected chi connectivity index (χ4v) is 4.74.